The zero-order valence-corrected chi connectivity index (χ0v) is 14.1. The molecule has 1 amide bonds. The topological polar surface area (TPSA) is 42.0 Å². The molecular formula is C20H16F4N2O. The Morgan fingerprint density at radius 2 is 1.81 bits per heavy atom. The van der Waals surface area contributed by atoms with Gasteiger partial charge >= 0.3 is 6.18 Å². The Morgan fingerprint density at radius 3 is 2.52 bits per heavy atom. The van der Waals surface area contributed by atoms with Gasteiger partial charge in [0, 0.05) is 17.6 Å². The van der Waals surface area contributed by atoms with Gasteiger partial charge in [-0.25, -0.2) is 4.39 Å². The molecule has 7 heteroatoms. The Bertz CT molecular complexity index is 942. The van der Waals surface area contributed by atoms with Crippen molar-refractivity contribution in [2.75, 3.05) is 0 Å². The molecule has 3 aromatic rings. The van der Waals surface area contributed by atoms with Crippen molar-refractivity contribution in [1.29, 1.82) is 0 Å². The molecule has 0 fully saturated rings. The minimum absolute atomic E-state index is 0.0434. The highest BCUT2D eigenvalue weighted by atomic mass is 19.4. The monoisotopic (exact) mass is 376 g/mol. The number of para-hydroxylation sites is 1. The Labute approximate surface area is 153 Å². The van der Waals surface area contributed by atoms with Crippen LogP contribution in [-0.4, -0.2) is 23.1 Å². The fourth-order valence-electron chi connectivity index (χ4n) is 2.87. The number of alkyl halides is 3. The number of carbonyl (C=O) groups excluding carboxylic acids is 1. The van der Waals surface area contributed by atoms with Crippen LogP contribution in [0, 0.1) is 5.82 Å². The second kappa shape index (κ2) is 7.73. The maximum atomic E-state index is 13.7. The molecular weight excluding hydrogens is 360 g/mol. The number of rotatable bonds is 5. The molecule has 27 heavy (non-hydrogen) atoms. The molecule has 0 radical (unpaired) electrons. The van der Waals surface area contributed by atoms with Gasteiger partial charge in [-0.1, -0.05) is 42.5 Å². The smallest absolute Gasteiger partial charge is 0.349 e. The van der Waals surface area contributed by atoms with E-state index in [1.165, 1.54) is 18.2 Å². The number of halogens is 4. The van der Waals surface area contributed by atoms with E-state index in [1.807, 2.05) is 0 Å². The summed E-state index contributed by atoms with van der Waals surface area (Å²) < 4.78 is 52.4. The number of hydrogen-bond acceptors (Lipinski definition) is 2. The summed E-state index contributed by atoms with van der Waals surface area (Å²) in [6.45, 7) is 0. The van der Waals surface area contributed by atoms with Crippen LogP contribution in [0.25, 0.3) is 10.9 Å². The van der Waals surface area contributed by atoms with Crippen LogP contribution >= 0.6 is 0 Å². The Kier molecular flexibility index (Phi) is 5.39. The molecule has 3 nitrogen and oxygen atoms in total. The van der Waals surface area contributed by atoms with Crippen LogP contribution < -0.4 is 5.32 Å². The number of nitrogens with one attached hydrogen (secondary N) is 1. The van der Waals surface area contributed by atoms with Crippen LogP contribution in [0.15, 0.2) is 60.8 Å². The van der Waals surface area contributed by atoms with Crippen molar-refractivity contribution in [2.45, 2.75) is 25.1 Å². The summed E-state index contributed by atoms with van der Waals surface area (Å²) in [5, 5.41) is 2.83. The SMILES string of the molecule is O=C(NC(Cc1ccccc1)CC(F)(F)F)c1cnc2c(F)cccc2c1. The zero-order chi connectivity index (χ0) is 19.4. The van der Waals surface area contributed by atoms with E-state index in [4.69, 9.17) is 0 Å². The quantitative estimate of drug-likeness (QED) is 0.658. The largest absolute Gasteiger partial charge is 0.391 e. The van der Waals surface area contributed by atoms with Gasteiger partial charge in [-0.15, -0.1) is 0 Å². The van der Waals surface area contributed by atoms with Crippen LogP contribution in [0.2, 0.25) is 0 Å². The van der Waals surface area contributed by atoms with Crippen LogP contribution in [-0.2, 0) is 6.42 Å². The maximum absolute atomic E-state index is 13.7. The van der Waals surface area contributed by atoms with Crippen LogP contribution in [0.3, 0.4) is 0 Å². The average Bonchev–Trinajstić information content (AvgIpc) is 2.61. The maximum Gasteiger partial charge on any atom is 0.391 e. The number of nitrogens with zero attached hydrogens (tertiary/aromatic N) is 1. The highest BCUT2D eigenvalue weighted by Crippen LogP contribution is 2.24. The van der Waals surface area contributed by atoms with Gasteiger partial charge in [0.25, 0.3) is 5.91 Å². The van der Waals surface area contributed by atoms with E-state index in [9.17, 15) is 22.4 Å². The van der Waals surface area contributed by atoms with Gasteiger partial charge in [-0.3, -0.25) is 9.78 Å². The molecule has 0 aliphatic carbocycles. The van der Waals surface area contributed by atoms with Gasteiger partial charge < -0.3 is 5.32 Å². The number of hydrogen-bond donors (Lipinski definition) is 1. The molecule has 3 rings (SSSR count). The van der Waals surface area contributed by atoms with E-state index in [0.29, 0.717) is 10.9 Å². The molecule has 1 unspecified atom stereocenters. The van der Waals surface area contributed by atoms with Crippen molar-refractivity contribution in [2.24, 2.45) is 0 Å². The van der Waals surface area contributed by atoms with E-state index >= 15 is 0 Å². The summed E-state index contributed by atoms with van der Waals surface area (Å²) in [4.78, 5) is 16.4. The lowest BCUT2D eigenvalue weighted by Crippen LogP contribution is -2.39. The number of fused-ring (bicyclic) bond motifs is 1. The molecule has 140 valence electrons. The van der Waals surface area contributed by atoms with Crippen molar-refractivity contribution < 1.29 is 22.4 Å². The lowest BCUT2D eigenvalue weighted by atomic mass is 10.0. The molecule has 2 aromatic carbocycles. The van der Waals surface area contributed by atoms with E-state index < -0.39 is 30.4 Å². The molecule has 1 aromatic heterocycles. The summed E-state index contributed by atoms with van der Waals surface area (Å²) in [5.74, 6) is -1.21. The predicted molar refractivity (Wildman–Crippen MR) is 93.8 cm³/mol. The average molecular weight is 376 g/mol. The second-order valence-corrected chi connectivity index (χ2v) is 6.21. The van der Waals surface area contributed by atoms with Crippen LogP contribution in [0.5, 0.6) is 0 Å². The zero-order valence-electron chi connectivity index (χ0n) is 14.1. The fourth-order valence-corrected chi connectivity index (χ4v) is 2.87. The van der Waals surface area contributed by atoms with Gasteiger partial charge in [0.1, 0.15) is 11.3 Å². The van der Waals surface area contributed by atoms with E-state index in [2.05, 4.69) is 10.3 Å². The molecule has 1 heterocycles. The van der Waals surface area contributed by atoms with Crippen molar-refractivity contribution in [3.8, 4) is 0 Å². The Morgan fingerprint density at radius 1 is 1.07 bits per heavy atom. The van der Waals surface area contributed by atoms with Gasteiger partial charge in [0.2, 0.25) is 0 Å². The highest BCUT2D eigenvalue weighted by Gasteiger charge is 2.33. The van der Waals surface area contributed by atoms with Gasteiger partial charge in [0.05, 0.1) is 12.0 Å². The molecule has 0 bridgehead atoms. The minimum atomic E-state index is -4.42. The van der Waals surface area contributed by atoms with Gasteiger partial charge in [0.15, 0.2) is 0 Å². The first-order valence-corrected chi connectivity index (χ1v) is 8.27. The Hall–Kier alpha value is -2.96. The van der Waals surface area contributed by atoms with E-state index in [-0.39, 0.29) is 17.5 Å². The number of aromatic nitrogens is 1. The van der Waals surface area contributed by atoms with E-state index in [0.717, 1.165) is 6.20 Å². The third-order valence-corrected chi connectivity index (χ3v) is 4.06. The molecule has 1 atom stereocenters. The summed E-state index contributed by atoms with van der Waals surface area (Å²) in [6, 6.07) is 13.2. The third-order valence-electron chi connectivity index (χ3n) is 4.06. The standard InChI is InChI=1S/C20H16F4N2O/c21-17-8-4-7-14-10-15(12-25-18(14)17)19(27)26-16(11-20(22,23)24)9-13-5-2-1-3-6-13/h1-8,10,12,16H,9,11H2,(H,26,27). The molecule has 1 N–H and O–H groups in total. The minimum Gasteiger partial charge on any atom is -0.349 e. The lowest BCUT2D eigenvalue weighted by Gasteiger charge is -2.20. The summed E-state index contributed by atoms with van der Waals surface area (Å²) in [7, 11) is 0. The molecule has 0 aliphatic rings. The second-order valence-electron chi connectivity index (χ2n) is 6.21. The third kappa shape index (κ3) is 5.03. The lowest BCUT2D eigenvalue weighted by molar-refractivity contribution is -0.139. The first-order valence-electron chi connectivity index (χ1n) is 8.27. The Balaban J connectivity index is 1.81. The van der Waals surface area contributed by atoms with Gasteiger partial charge in [-0.05, 0) is 24.1 Å². The first kappa shape index (κ1) is 18.8. The van der Waals surface area contributed by atoms with Crippen LogP contribution in [0.4, 0.5) is 17.6 Å². The van der Waals surface area contributed by atoms with Gasteiger partial charge in [-0.2, -0.15) is 13.2 Å². The number of pyridine rings is 1. The van der Waals surface area contributed by atoms with Crippen LogP contribution in [0.1, 0.15) is 22.3 Å². The summed E-state index contributed by atoms with van der Waals surface area (Å²) >= 11 is 0. The summed E-state index contributed by atoms with van der Waals surface area (Å²) in [6.07, 6.45) is -4.36. The number of carbonyl (C=O) groups is 1. The fraction of sp³-hybridized carbons (Fsp3) is 0.200. The summed E-state index contributed by atoms with van der Waals surface area (Å²) in [5.41, 5.74) is 0.865. The molecule has 0 saturated carbocycles. The molecule has 0 saturated heterocycles. The molecule has 0 aliphatic heterocycles. The predicted octanol–water partition coefficient (Wildman–Crippen LogP) is 4.67. The van der Waals surface area contributed by atoms with Crippen molar-refractivity contribution >= 4 is 16.8 Å². The number of benzene rings is 2. The first-order chi connectivity index (χ1) is 12.8. The molecule has 0 spiro atoms. The van der Waals surface area contributed by atoms with E-state index in [1.54, 1.807) is 36.4 Å². The highest BCUT2D eigenvalue weighted by molar-refractivity contribution is 5.97. The van der Waals surface area contributed by atoms with Crippen molar-refractivity contribution in [1.82, 2.24) is 10.3 Å². The van der Waals surface area contributed by atoms with Crippen molar-refractivity contribution in [3.05, 3.63) is 77.7 Å². The van der Waals surface area contributed by atoms with Crippen molar-refractivity contribution in [3.63, 3.8) is 0 Å². The number of amides is 1. The normalized spacial score (nSPS) is 12.7.